The van der Waals surface area contributed by atoms with E-state index in [-0.39, 0.29) is 23.4 Å². The van der Waals surface area contributed by atoms with Crippen LogP contribution in [0.2, 0.25) is 0 Å². The van der Waals surface area contributed by atoms with Crippen molar-refractivity contribution in [1.82, 2.24) is 0 Å². The standard InChI is InChI=1S/C26H32O4/c1-16(2)22(19-10-14-21(15-11-19)24(28)26(6,7)30)17(3)18-8-12-20(13-9-18)23(27)25(4,5)29/h8-16,22,29-30H,3H2,1-2,4-7H3. The van der Waals surface area contributed by atoms with Crippen LogP contribution < -0.4 is 0 Å². The second-order valence-corrected chi connectivity index (χ2v) is 9.22. The van der Waals surface area contributed by atoms with Gasteiger partial charge in [-0.1, -0.05) is 69.0 Å². The topological polar surface area (TPSA) is 74.6 Å². The number of hydrogen-bond donors (Lipinski definition) is 2. The summed E-state index contributed by atoms with van der Waals surface area (Å²) in [6, 6.07) is 14.4. The Bertz CT molecular complexity index is 921. The van der Waals surface area contributed by atoms with Crippen LogP contribution in [0.4, 0.5) is 0 Å². The Labute approximate surface area is 179 Å². The van der Waals surface area contributed by atoms with Gasteiger partial charge in [-0.05, 0) is 50.3 Å². The lowest BCUT2D eigenvalue weighted by Gasteiger charge is -2.25. The van der Waals surface area contributed by atoms with E-state index in [1.165, 1.54) is 27.7 Å². The van der Waals surface area contributed by atoms with Gasteiger partial charge in [0.2, 0.25) is 0 Å². The molecule has 0 aliphatic heterocycles. The first-order valence-corrected chi connectivity index (χ1v) is 10.2. The van der Waals surface area contributed by atoms with Crippen LogP contribution >= 0.6 is 0 Å². The highest BCUT2D eigenvalue weighted by Gasteiger charge is 2.27. The number of benzene rings is 2. The quantitative estimate of drug-likeness (QED) is 0.600. The molecular weight excluding hydrogens is 376 g/mol. The summed E-state index contributed by atoms with van der Waals surface area (Å²) in [6.45, 7) is 14.4. The lowest BCUT2D eigenvalue weighted by atomic mass is 9.79. The van der Waals surface area contributed by atoms with Crippen LogP contribution in [-0.4, -0.2) is 33.0 Å². The maximum Gasteiger partial charge on any atom is 0.193 e. The van der Waals surface area contributed by atoms with Crippen molar-refractivity contribution in [2.45, 2.75) is 58.7 Å². The van der Waals surface area contributed by atoms with E-state index in [2.05, 4.69) is 20.4 Å². The van der Waals surface area contributed by atoms with Gasteiger partial charge in [0.1, 0.15) is 11.2 Å². The Kier molecular flexibility index (Phi) is 6.85. The van der Waals surface area contributed by atoms with Gasteiger partial charge in [-0.2, -0.15) is 0 Å². The summed E-state index contributed by atoms with van der Waals surface area (Å²) < 4.78 is 0. The van der Waals surface area contributed by atoms with E-state index in [1.54, 1.807) is 24.3 Å². The normalized spacial score (nSPS) is 13.2. The molecule has 0 saturated heterocycles. The Morgan fingerprint density at radius 3 is 1.40 bits per heavy atom. The third-order valence-corrected chi connectivity index (χ3v) is 5.20. The number of aliphatic hydroxyl groups is 2. The summed E-state index contributed by atoms with van der Waals surface area (Å²) in [5.41, 5.74) is 0.945. The first-order chi connectivity index (χ1) is 13.7. The largest absolute Gasteiger partial charge is 0.382 e. The molecule has 160 valence electrons. The SMILES string of the molecule is C=C(c1ccc(C(=O)C(C)(C)O)cc1)C(c1ccc(C(=O)C(C)(C)O)cc1)C(C)C. The Hall–Kier alpha value is -2.56. The Balaban J connectivity index is 2.31. The summed E-state index contributed by atoms with van der Waals surface area (Å²) in [5.74, 6) is -0.369. The van der Waals surface area contributed by atoms with Crippen molar-refractivity contribution in [2.75, 3.05) is 0 Å². The number of rotatable bonds is 8. The minimum atomic E-state index is -1.42. The highest BCUT2D eigenvalue weighted by Crippen LogP contribution is 2.37. The zero-order valence-electron chi connectivity index (χ0n) is 18.7. The van der Waals surface area contributed by atoms with Gasteiger partial charge < -0.3 is 10.2 Å². The van der Waals surface area contributed by atoms with Crippen molar-refractivity contribution in [3.63, 3.8) is 0 Å². The molecule has 0 fully saturated rings. The van der Waals surface area contributed by atoms with E-state index in [0.717, 1.165) is 16.7 Å². The fraction of sp³-hybridized carbons (Fsp3) is 0.385. The van der Waals surface area contributed by atoms with Crippen molar-refractivity contribution >= 4 is 17.1 Å². The number of hydrogen-bond acceptors (Lipinski definition) is 4. The second kappa shape index (κ2) is 8.66. The average Bonchev–Trinajstić information content (AvgIpc) is 2.66. The molecule has 0 amide bonds. The van der Waals surface area contributed by atoms with E-state index in [1.807, 2.05) is 24.3 Å². The van der Waals surface area contributed by atoms with Crippen molar-refractivity contribution < 1.29 is 19.8 Å². The maximum absolute atomic E-state index is 12.3. The molecule has 4 nitrogen and oxygen atoms in total. The van der Waals surface area contributed by atoms with Gasteiger partial charge in [-0.25, -0.2) is 0 Å². The molecule has 0 aromatic heterocycles. The van der Waals surface area contributed by atoms with Crippen LogP contribution in [0.5, 0.6) is 0 Å². The third kappa shape index (κ3) is 5.32. The monoisotopic (exact) mass is 408 g/mol. The predicted molar refractivity (Wildman–Crippen MR) is 121 cm³/mol. The fourth-order valence-corrected chi connectivity index (χ4v) is 3.55. The second-order valence-electron chi connectivity index (χ2n) is 9.22. The molecule has 0 saturated carbocycles. The number of allylic oxidation sites excluding steroid dienone is 1. The van der Waals surface area contributed by atoms with Crippen LogP contribution in [0.1, 0.15) is 79.3 Å². The molecule has 0 aliphatic carbocycles. The van der Waals surface area contributed by atoms with Crippen LogP contribution in [0.25, 0.3) is 5.57 Å². The predicted octanol–water partition coefficient (Wildman–Crippen LogP) is 5.05. The highest BCUT2D eigenvalue weighted by atomic mass is 16.3. The van der Waals surface area contributed by atoms with Crippen LogP contribution in [0.15, 0.2) is 55.1 Å². The van der Waals surface area contributed by atoms with E-state index < -0.39 is 11.2 Å². The van der Waals surface area contributed by atoms with Crippen LogP contribution in [0, 0.1) is 5.92 Å². The van der Waals surface area contributed by atoms with E-state index in [4.69, 9.17) is 0 Å². The molecule has 0 aliphatic rings. The molecule has 30 heavy (non-hydrogen) atoms. The Morgan fingerprint density at radius 2 is 1.07 bits per heavy atom. The molecular formula is C26H32O4. The smallest absolute Gasteiger partial charge is 0.193 e. The number of Topliss-reactive ketones (excluding diaryl/α,β-unsaturated/α-hetero) is 2. The minimum Gasteiger partial charge on any atom is -0.382 e. The van der Waals surface area contributed by atoms with Gasteiger partial charge in [0.15, 0.2) is 11.6 Å². The van der Waals surface area contributed by atoms with Gasteiger partial charge in [0.25, 0.3) is 0 Å². The number of carbonyl (C=O) groups is 2. The molecule has 0 heterocycles. The van der Waals surface area contributed by atoms with Gasteiger partial charge in [-0.15, -0.1) is 0 Å². The molecule has 1 unspecified atom stereocenters. The van der Waals surface area contributed by atoms with Crippen molar-refractivity contribution in [3.05, 3.63) is 77.4 Å². The minimum absolute atomic E-state index is 0.0205. The molecule has 0 spiro atoms. The number of ketones is 2. The summed E-state index contributed by atoms with van der Waals surface area (Å²) in [4.78, 5) is 24.5. The highest BCUT2D eigenvalue weighted by molar-refractivity contribution is 6.02. The van der Waals surface area contributed by atoms with Gasteiger partial charge in [-0.3, -0.25) is 9.59 Å². The summed E-state index contributed by atoms with van der Waals surface area (Å²) >= 11 is 0. The molecule has 1 atom stereocenters. The van der Waals surface area contributed by atoms with Crippen LogP contribution in [0.3, 0.4) is 0 Å². The first-order valence-electron chi connectivity index (χ1n) is 10.2. The molecule has 2 aromatic carbocycles. The summed E-state index contributed by atoms with van der Waals surface area (Å²) in [6.07, 6.45) is 0. The van der Waals surface area contributed by atoms with Crippen molar-refractivity contribution in [3.8, 4) is 0 Å². The average molecular weight is 409 g/mol. The summed E-state index contributed by atoms with van der Waals surface area (Å²) in [7, 11) is 0. The zero-order chi connectivity index (χ0) is 22.9. The lowest BCUT2D eigenvalue weighted by molar-refractivity contribution is 0.0487. The van der Waals surface area contributed by atoms with Gasteiger partial charge in [0, 0.05) is 17.0 Å². The van der Waals surface area contributed by atoms with E-state index in [0.29, 0.717) is 11.1 Å². The Morgan fingerprint density at radius 1 is 0.733 bits per heavy atom. The molecule has 2 aromatic rings. The van der Waals surface area contributed by atoms with Crippen molar-refractivity contribution in [1.29, 1.82) is 0 Å². The number of carbonyl (C=O) groups excluding carboxylic acids is 2. The first kappa shape index (κ1) is 23.7. The van der Waals surface area contributed by atoms with Gasteiger partial charge >= 0.3 is 0 Å². The maximum atomic E-state index is 12.3. The third-order valence-electron chi connectivity index (χ3n) is 5.20. The van der Waals surface area contributed by atoms with Crippen LogP contribution in [-0.2, 0) is 0 Å². The summed E-state index contributed by atoms with van der Waals surface area (Å²) in [5, 5.41) is 19.9. The molecule has 0 bridgehead atoms. The van der Waals surface area contributed by atoms with Gasteiger partial charge in [0.05, 0.1) is 0 Å². The molecule has 2 N–H and O–H groups in total. The lowest BCUT2D eigenvalue weighted by Crippen LogP contribution is -2.31. The van der Waals surface area contributed by atoms with E-state index >= 15 is 0 Å². The zero-order valence-corrected chi connectivity index (χ0v) is 18.7. The molecule has 2 rings (SSSR count). The van der Waals surface area contributed by atoms with Crippen molar-refractivity contribution in [2.24, 2.45) is 5.92 Å². The molecule has 0 radical (unpaired) electrons. The van der Waals surface area contributed by atoms with E-state index in [9.17, 15) is 19.8 Å². The fourth-order valence-electron chi connectivity index (χ4n) is 3.55. The molecule has 4 heteroatoms.